The number of hydrogen-bond acceptors (Lipinski definition) is 5. The Balaban J connectivity index is 1.53. The van der Waals surface area contributed by atoms with E-state index in [1.165, 1.54) is 0 Å². The van der Waals surface area contributed by atoms with Gasteiger partial charge in [-0.25, -0.2) is 9.97 Å². The SMILES string of the molecule is COc1cccc(C2CN(C(=O)c3cccc(-n4ccnc4)n3)CCO2)c1. The topological polar surface area (TPSA) is 69.5 Å². The second kappa shape index (κ2) is 7.59. The van der Waals surface area contributed by atoms with Crippen molar-refractivity contribution in [3.63, 3.8) is 0 Å². The molecule has 138 valence electrons. The summed E-state index contributed by atoms with van der Waals surface area (Å²) >= 11 is 0. The van der Waals surface area contributed by atoms with Gasteiger partial charge in [-0.15, -0.1) is 0 Å². The third kappa shape index (κ3) is 3.68. The van der Waals surface area contributed by atoms with Crippen molar-refractivity contribution in [3.8, 4) is 11.6 Å². The van der Waals surface area contributed by atoms with Crippen LogP contribution in [0, 0.1) is 0 Å². The average molecular weight is 364 g/mol. The summed E-state index contributed by atoms with van der Waals surface area (Å²) in [5.74, 6) is 1.33. The molecule has 4 rings (SSSR count). The molecular weight excluding hydrogens is 344 g/mol. The third-order valence-electron chi connectivity index (χ3n) is 4.54. The second-order valence-corrected chi connectivity index (χ2v) is 6.24. The maximum atomic E-state index is 13.0. The first-order valence-corrected chi connectivity index (χ1v) is 8.75. The zero-order chi connectivity index (χ0) is 18.6. The molecule has 7 heteroatoms. The highest BCUT2D eigenvalue weighted by Gasteiger charge is 2.27. The van der Waals surface area contributed by atoms with Gasteiger partial charge in [0.1, 0.15) is 29.7 Å². The van der Waals surface area contributed by atoms with E-state index in [4.69, 9.17) is 9.47 Å². The van der Waals surface area contributed by atoms with E-state index >= 15 is 0 Å². The number of benzene rings is 1. The van der Waals surface area contributed by atoms with E-state index in [2.05, 4.69) is 9.97 Å². The van der Waals surface area contributed by atoms with E-state index < -0.39 is 0 Å². The number of morpholine rings is 1. The first-order chi connectivity index (χ1) is 13.2. The molecule has 3 aromatic rings. The number of rotatable bonds is 4. The lowest BCUT2D eigenvalue weighted by Gasteiger charge is -2.33. The van der Waals surface area contributed by atoms with E-state index in [-0.39, 0.29) is 12.0 Å². The maximum Gasteiger partial charge on any atom is 0.272 e. The van der Waals surface area contributed by atoms with Crippen LogP contribution in [0.1, 0.15) is 22.2 Å². The number of imidazole rings is 1. The fourth-order valence-electron chi connectivity index (χ4n) is 3.12. The van der Waals surface area contributed by atoms with Gasteiger partial charge in [0.25, 0.3) is 5.91 Å². The number of aromatic nitrogens is 3. The first kappa shape index (κ1) is 17.2. The first-order valence-electron chi connectivity index (χ1n) is 8.75. The summed E-state index contributed by atoms with van der Waals surface area (Å²) in [6.07, 6.45) is 4.94. The van der Waals surface area contributed by atoms with E-state index in [1.807, 2.05) is 36.4 Å². The lowest BCUT2D eigenvalue weighted by atomic mass is 10.1. The van der Waals surface area contributed by atoms with Crippen molar-refractivity contribution in [2.24, 2.45) is 0 Å². The highest BCUT2D eigenvalue weighted by atomic mass is 16.5. The van der Waals surface area contributed by atoms with Crippen LogP contribution in [-0.2, 0) is 4.74 Å². The number of carbonyl (C=O) groups excluding carboxylic acids is 1. The molecule has 0 aliphatic carbocycles. The van der Waals surface area contributed by atoms with Crippen LogP contribution >= 0.6 is 0 Å². The van der Waals surface area contributed by atoms with Gasteiger partial charge in [-0.05, 0) is 29.8 Å². The molecule has 27 heavy (non-hydrogen) atoms. The molecule has 0 radical (unpaired) electrons. The normalized spacial score (nSPS) is 16.9. The number of methoxy groups -OCH3 is 1. The molecule has 1 amide bonds. The van der Waals surface area contributed by atoms with E-state index in [0.29, 0.717) is 31.2 Å². The Morgan fingerprint density at radius 2 is 2.15 bits per heavy atom. The molecule has 1 aliphatic rings. The largest absolute Gasteiger partial charge is 0.497 e. The van der Waals surface area contributed by atoms with Crippen molar-refractivity contribution in [2.45, 2.75) is 6.10 Å². The average Bonchev–Trinajstić information content (AvgIpc) is 3.28. The van der Waals surface area contributed by atoms with Crippen LogP contribution in [0.2, 0.25) is 0 Å². The molecule has 1 aromatic carbocycles. The molecule has 0 N–H and O–H groups in total. The molecule has 1 unspecified atom stereocenters. The summed E-state index contributed by atoms with van der Waals surface area (Å²) in [4.78, 5) is 23.3. The smallest absolute Gasteiger partial charge is 0.272 e. The fraction of sp³-hybridized carbons (Fsp3) is 0.250. The molecule has 7 nitrogen and oxygen atoms in total. The summed E-state index contributed by atoms with van der Waals surface area (Å²) < 4.78 is 12.9. The van der Waals surface area contributed by atoms with Crippen molar-refractivity contribution >= 4 is 5.91 Å². The van der Waals surface area contributed by atoms with Gasteiger partial charge < -0.3 is 14.4 Å². The van der Waals surface area contributed by atoms with Crippen molar-refractivity contribution in [1.82, 2.24) is 19.4 Å². The third-order valence-corrected chi connectivity index (χ3v) is 4.54. The van der Waals surface area contributed by atoms with Crippen LogP contribution in [0.3, 0.4) is 0 Å². The molecule has 0 spiro atoms. The quantitative estimate of drug-likeness (QED) is 0.711. The van der Waals surface area contributed by atoms with Crippen molar-refractivity contribution in [1.29, 1.82) is 0 Å². The zero-order valence-electron chi connectivity index (χ0n) is 15.0. The van der Waals surface area contributed by atoms with Crippen LogP contribution < -0.4 is 4.74 Å². The van der Waals surface area contributed by atoms with E-state index in [1.54, 1.807) is 41.4 Å². The molecule has 3 heterocycles. The predicted octanol–water partition coefficient (Wildman–Crippen LogP) is 2.49. The Bertz CT molecular complexity index is 926. The summed E-state index contributed by atoms with van der Waals surface area (Å²) in [5.41, 5.74) is 1.40. The van der Waals surface area contributed by atoms with Gasteiger partial charge in [-0.3, -0.25) is 9.36 Å². The Morgan fingerprint density at radius 1 is 1.26 bits per heavy atom. The molecule has 0 bridgehead atoms. The van der Waals surface area contributed by atoms with Crippen molar-refractivity contribution in [2.75, 3.05) is 26.8 Å². The molecule has 1 atom stereocenters. The Kier molecular flexibility index (Phi) is 4.84. The van der Waals surface area contributed by atoms with Crippen LogP contribution in [0.4, 0.5) is 0 Å². The minimum atomic E-state index is -0.186. The maximum absolute atomic E-state index is 13.0. The Hall–Kier alpha value is -3.19. The Labute approximate surface area is 157 Å². The lowest BCUT2D eigenvalue weighted by Crippen LogP contribution is -2.42. The van der Waals surface area contributed by atoms with Crippen LogP contribution in [-0.4, -0.2) is 52.1 Å². The number of hydrogen-bond donors (Lipinski definition) is 0. The molecular formula is C20H20N4O3. The summed E-state index contributed by atoms with van der Waals surface area (Å²) in [6, 6.07) is 13.1. The standard InChI is InChI=1S/C20H20N4O3/c1-26-16-5-2-4-15(12-16)18-13-23(10-11-27-18)20(25)17-6-3-7-19(22-17)24-9-8-21-14-24/h2-9,12,14,18H,10-11,13H2,1H3. The van der Waals surface area contributed by atoms with Gasteiger partial charge in [0.2, 0.25) is 0 Å². The number of nitrogens with zero attached hydrogens (tertiary/aromatic N) is 4. The highest BCUT2D eigenvalue weighted by molar-refractivity contribution is 5.92. The lowest BCUT2D eigenvalue weighted by molar-refractivity contribution is -0.0230. The van der Waals surface area contributed by atoms with Gasteiger partial charge in [-0.2, -0.15) is 0 Å². The van der Waals surface area contributed by atoms with Gasteiger partial charge in [0.15, 0.2) is 0 Å². The van der Waals surface area contributed by atoms with Crippen LogP contribution in [0.25, 0.3) is 5.82 Å². The fourth-order valence-corrected chi connectivity index (χ4v) is 3.12. The van der Waals surface area contributed by atoms with Gasteiger partial charge >= 0.3 is 0 Å². The zero-order valence-corrected chi connectivity index (χ0v) is 15.0. The summed E-state index contributed by atoms with van der Waals surface area (Å²) in [5, 5.41) is 0. The van der Waals surface area contributed by atoms with Crippen molar-refractivity contribution in [3.05, 3.63) is 72.4 Å². The summed E-state index contributed by atoms with van der Waals surface area (Å²) in [7, 11) is 1.63. The number of pyridine rings is 1. The summed E-state index contributed by atoms with van der Waals surface area (Å²) in [6.45, 7) is 1.49. The number of carbonyl (C=O) groups is 1. The van der Waals surface area contributed by atoms with Gasteiger partial charge in [0, 0.05) is 18.9 Å². The minimum absolute atomic E-state index is 0.104. The van der Waals surface area contributed by atoms with Crippen molar-refractivity contribution < 1.29 is 14.3 Å². The number of ether oxygens (including phenoxy) is 2. The molecule has 1 saturated heterocycles. The van der Waals surface area contributed by atoms with Gasteiger partial charge in [0.05, 0.1) is 20.3 Å². The number of amides is 1. The Morgan fingerprint density at radius 3 is 2.96 bits per heavy atom. The predicted molar refractivity (Wildman–Crippen MR) is 98.9 cm³/mol. The molecule has 1 aliphatic heterocycles. The monoisotopic (exact) mass is 364 g/mol. The van der Waals surface area contributed by atoms with Crippen LogP contribution in [0.15, 0.2) is 61.2 Å². The molecule has 0 saturated carbocycles. The molecule has 2 aromatic heterocycles. The highest BCUT2D eigenvalue weighted by Crippen LogP contribution is 2.26. The molecule has 1 fully saturated rings. The van der Waals surface area contributed by atoms with Crippen LogP contribution in [0.5, 0.6) is 5.75 Å². The van der Waals surface area contributed by atoms with Gasteiger partial charge in [-0.1, -0.05) is 18.2 Å². The van der Waals surface area contributed by atoms with E-state index in [0.717, 1.165) is 11.3 Å². The second-order valence-electron chi connectivity index (χ2n) is 6.24. The van der Waals surface area contributed by atoms with E-state index in [9.17, 15) is 4.79 Å². The minimum Gasteiger partial charge on any atom is -0.497 e.